The van der Waals surface area contributed by atoms with Crippen molar-refractivity contribution in [1.82, 2.24) is 18.7 Å². The Morgan fingerprint density at radius 1 is 0.931 bits per heavy atom. The van der Waals surface area contributed by atoms with Crippen molar-refractivity contribution in [3.05, 3.63) is 69.5 Å². The Morgan fingerprint density at radius 2 is 1.62 bits per heavy atom. The molecule has 0 aliphatic carbocycles. The predicted molar refractivity (Wildman–Crippen MR) is 110 cm³/mol. The minimum atomic E-state index is -0.365. The van der Waals surface area contributed by atoms with Gasteiger partial charge in [-0.3, -0.25) is 18.5 Å². The van der Waals surface area contributed by atoms with Crippen LogP contribution in [-0.4, -0.2) is 31.3 Å². The number of H-pyrrole nitrogens is 1. The molecule has 0 bridgehead atoms. The highest BCUT2D eigenvalue weighted by Crippen LogP contribution is 2.12. The van der Waals surface area contributed by atoms with E-state index in [1.165, 1.54) is 0 Å². The van der Waals surface area contributed by atoms with E-state index < -0.39 is 0 Å². The molecular weight excluding hydrogens is 372 g/mol. The molecule has 2 aromatic carbocycles. The molecule has 0 radical (unpaired) electrons. The molecule has 0 atom stereocenters. The summed E-state index contributed by atoms with van der Waals surface area (Å²) in [6.45, 7) is 0.940. The van der Waals surface area contributed by atoms with E-state index >= 15 is 0 Å². The maximum Gasteiger partial charge on any atom is 0.328 e. The molecule has 150 valence electrons. The normalized spacial score (nSPS) is 11.3. The van der Waals surface area contributed by atoms with Crippen molar-refractivity contribution in [1.29, 1.82) is 0 Å². The van der Waals surface area contributed by atoms with Crippen LogP contribution < -0.4 is 11.4 Å². The van der Waals surface area contributed by atoms with E-state index in [4.69, 9.17) is 4.74 Å². The molecule has 4 aromatic rings. The first-order valence-corrected chi connectivity index (χ1v) is 9.53. The quantitative estimate of drug-likeness (QED) is 0.383. The van der Waals surface area contributed by atoms with Crippen molar-refractivity contribution in [2.24, 2.45) is 7.05 Å². The fourth-order valence-electron chi connectivity index (χ4n) is 3.59. The number of ether oxygens (including phenoxy) is 1. The number of benzene rings is 2. The molecule has 0 aliphatic heterocycles. The lowest BCUT2D eigenvalue weighted by molar-refractivity contribution is -0.144. The fourth-order valence-corrected chi connectivity index (χ4v) is 3.59. The Morgan fingerprint density at radius 3 is 2.41 bits per heavy atom. The standard InChI is InChI=1S/C21H22N4O4/c1-23-17-9-4-5-10-18(17)25(21(23)28)13-11-19(26)29-14-6-12-24-16-8-3-2-7-15(16)22-20(24)27/h2-5,7-10H,6,11-14H2,1H3,(H,22,27). The molecule has 0 aliphatic rings. The molecule has 0 amide bonds. The van der Waals surface area contributed by atoms with Crippen LogP contribution in [0.4, 0.5) is 0 Å². The summed E-state index contributed by atoms with van der Waals surface area (Å²) in [5.74, 6) is -0.365. The lowest BCUT2D eigenvalue weighted by Gasteiger charge is -2.07. The van der Waals surface area contributed by atoms with Gasteiger partial charge in [0.05, 0.1) is 35.1 Å². The monoisotopic (exact) mass is 394 g/mol. The highest BCUT2D eigenvalue weighted by Gasteiger charge is 2.12. The summed E-state index contributed by atoms with van der Waals surface area (Å²) in [5.41, 5.74) is 2.92. The number of aromatic nitrogens is 4. The van der Waals surface area contributed by atoms with Gasteiger partial charge in [0, 0.05) is 20.1 Å². The summed E-state index contributed by atoms with van der Waals surface area (Å²) in [7, 11) is 1.71. The molecule has 0 saturated carbocycles. The molecule has 0 spiro atoms. The minimum absolute atomic E-state index is 0.112. The van der Waals surface area contributed by atoms with Crippen LogP contribution in [0, 0.1) is 0 Å². The number of nitrogens with zero attached hydrogens (tertiary/aromatic N) is 3. The second-order valence-electron chi connectivity index (χ2n) is 6.90. The van der Waals surface area contributed by atoms with Gasteiger partial charge < -0.3 is 9.72 Å². The largest absolute Gasteiger partial charge is 0.466 e. The number of esters is 1. The van der Waals surface area contributed by atoms with E-state index in [1.54, 1.807) is 20.7 Å². The first-order chi connectivity index (χ1) is 14.1. The van der Waals surface area contributed by atoms with Crippen LogP contribution in [-0.2, 0) is 29.7 Å². The van der Waals surface area contributed by atoms with Crippen molar-refractivity contribution in [2.45, 2.75) is 25.9 Å². The number of hydrogen-bond donors (Lipinski definition) is 1. The molecule has 1 N–H and O–H groups in total. The number of aryl methyl sites for hydroxylation is 3. The van der Waals surface area contributed by atoms with Gasteiger partial charge in [0.1, 0.15) is 0 Å². The molecule has 2 aromatic heterocycles. The third kappa shape index (κ3) is 3.61. The van der Waals surface area contributed by atoms with Crippen molar-refractivity contribution in [3.8, 4) is 0 Å². The zero-order valence-corrected chi connectivity index (χ0v) is 16.1. The number of imidazole rings is 2. The molecule has 29 heavy (non-hydrogen) atoms. The smallest absolute Gasteiger partial charge is 0.328 e. The second kappa shape index (κ2) is 7.83. The van der Waals surface area contributed by atoms with Gasteiger partial charge in [0.15, 0.2) is 0 Å². The summed E-state index contributed by atoms with van der Waals surface area (Å²) in [6.07, 6.45) is 0.642. The van der Waals surface area contributed by atoms with Gasteiger partial charge in [-0.1, -0.05) is 24.3 Å². The molecule has 8 nitrogen and oxygen atoms in total. The van der Waals surface area contributed by atoms with Crippen LogP contribution in [0.25, 0.3) is 22.1 Å². The van der Waals surface area contributed by atoms with E-state index in [0.29, 0.717) is 13.0 Å². The van der Waals surface area contributed by atoms with Crippen LogP contribution in [0.3, 0.4) is 0 Å². The Bertz CT molecular complexity index is 1290. The van der Waals surface area contributed by atoms with E-state index in [9.17, 15) is 14.4 Å². The number of fused-ring (bicyclic) bond motifs is 2. The molecular formula is C21H22N4O4. The third-order valence-electron chi connectivity index (χ3n) is 5.06. The predicted octanol–water partition coefficient (Wildman–Crippen LogP) is 2.01. The summed E-state index contributed by atoms with van der Waals surface area (Å²) < 4.78 is 10.1. The first-order valence-electron chi connectivity index (χ1n) is 9.53. The van der Waals surface area contributed by atoms with Crippen LogP contribution >= 0.6 is 0 Å². The van der Waals surface area contributed by atoms with Gasteiger partial charge in [0.2, 0.25) is 0 Å². The second-order valence-corrected chi connectivity index (χ2v) is 6.90. The van der Waals surface area contributed by atoms with Gasteiger partial charge >= 0.3 is 17.3 Å². The number of carbonyl (C=O) groups excluding carboxylic acids is 1. The molecule has 0 unspecified atom stereocenters. The molecule has 0 saturated heterocycles. The zero-order valence-electron chi connectivity index (χ0n) is 16.1. The molecule has 0 fully saturated rings. The highest BCUT2D eigenvalue weighted by molar-refractivity contribution is 5.76. The molecule has 8 heteroatoms. The van der Waals surface area contributed by atoms with Crippen LogP contribution in [0.1, 0.15) is 12.8 Å². The van der Waals surface area contributed by atoms with Crippen LogP contribution in [0.2, 0.25) is 0 Å². The van der Waals surface area contributed by atoms with E-state index in [1.807, 2.05) is 48.5 Å². The number of rotatable bonds is 7. The maximum absolute atomic E-state index is 12.4. The number of para-hydroxylation sites is 4. The summed E-state index contributed by atoms with van der Waals surface area (Å²) >= 11 is 0. The van der Waals surface area contributed by atoms with Gasteiger partial charge in [-0.15, -0.1) is 0 Å². The summed E-state index contributed by atoms with van der Waals surface area (Å²) in [4.78, 5) is 39.3. The number of hydrogen-bond acceptors (Lipinski definition) is 4. The lowest BCUT2D eigenvalue weighted by Crippen LogP contribution is -2.24. The van der Waals surface area contributed by atoms with Gasteiger partial charge in [-0.25, -0.2) is 9.59 Å². The van der Waals surface area contributed by atoms with E-state index in [2.05, 4.69) is 4.98 Å². The van der Waals surface area contributed by atoms with E-state index in [0.717, 1.165) is 22.1 Å². The zero-order chi connectivity index (χ0) is 20.4. The summed E-state index contributed by atoms with van der Waals surface area (Å²) in [6, 6.07) is 14.9. The average molecular weight is 394 g/mol. The average Bonchev–Trinajstić information content (AvgIpc) is 3.17. The summed E-state index contributed by atoms with van der Waals surface area (Å²) in [5, 5.41) is 0. The van der Waals surface area contributed by atoms with Gasteiger partial charge in [-0.2, -0.15) is 0 Å². The van der Waals surface area contributed by atoms with Gasteiger partial charge in [-0.05, 0) is 30.7 Å². The lowest BCUT2D eigenvalue weighted by atomic mass is 10.3. The minimum Gasteiger partial charge on any atom is -0.466 e. The van der Waals surface area contributed by atoms with Crippen molar-refractivity contribution in [3.63, 3.8) is 0 Å². The molecule has 4 rings (SSSR count). The van der Waals surface area contributed by atoms with E-state index in [-0.39, 0.29) is 36.9 Å². The maximum atomic E-state index is 12.4. The Labute approximate surface area is 165 Å². The Hall–Kier alpha value is -3.55. The number of nitrogens with one attached hydrogen (secondary N) is 1. The molecule has 2 heterocycles. The third-order valence-corrected chi connectivity index (χ3v) is 5.06. The number of aromatic amines is 1. The van der Waals surface area contributed by atoms with Gasteiger partial charge in [0.25, 0.3) is 0 Å². The van der Waals surface area contributed by atoms with Crippen LogP contribution in [0.15, 0.2) is 58.1 Å². The van der Waals surface area contributed by atoms with Crippen molar-refractivity contribution >= 4 is 28.0 Å². The van der Waals surface area contributed by atoms with Crippen LogP contribution in [0.5, 0.6) is 0 Å². The first kappa shape index (κ1) is 18.8. The fraction of sp³-hybridized carbons (Fsp3) is 0.286. The van der Waals surface area contributed by atoms with Crippen molar-refractivity contribution < 1.29 is 9.53 Å². The highest BCUT2D eigenvalue weighted by atomic mass is 16.5. The topological polar surface area (TPSA) is 91.0 Å². The SMILES string of the molecule is Cn1c(=O)n(CCC(=O)OCCCn2c(=O)[nH]c3ccccc32)c2ccccc21. The number of carbonyl (C=O) groups is 1. The van der Waals surface area contributed by atoms with Crippen molar-refractivity contribution in [2.75, 3.05) is 6.61 Å². The Kier molecular flexibility index (Phi) is 5.07. The Balaban J connectivity index is 1.31.